The molecular weight excluding hydrogens is 168 g/mol. The van der Waals surface area contributed by atoms with Gasteiger partial charge in [0.25, 0.3) is 0 Å². The van der Waals surface area contributed by atoms with Gasteiger partial charge in [0.15, 0.2) is 0 Å². The Morgan fingerprint density at radius 2 is 2.00 bits per heavy atom. The van der Waals surface area contributed by atoms with E-state index >= 15 is 0 Å². The van der Waals surface area contributed by atoms with Gasteiger partial charge in [-0.15, -0.1) is 0 Å². The molecule has 0 aromatic rings. The second-order valence-electron chi connectivity index (χ2n) is 3.44. The molecule has 2 amide bonds. The first-order valence-corrected chi connectivity index (χ1v) is 4.62. The molecule has 0 spiro atoms. The SMILES string of the molecule is CN1CCN(CCNC(N)=O)CC1. The van der Waals surface area contributed by atoms with Gasteiger partial charge >= 0.3 is 6.03 Å². The van der Waals surface area contributed by atoms with Crippen LogP contribution in [0.4, 0.5) is 4.79 Å². The first-order valence-electron chi connectivity index (χ1n) is 4.62. The number of likely N-dealkylation sites (N-methyl/N-ethyl adjacent to an activating group) is 1. The first kappa shape index (κ1) is 10.3. The van der Waals surface area contributed by atoms with Crippen molar-refractivity contribution in [1.82, 2.24) is 15.1 Å². The van der Waals surface area contributed by atoms with E-state index in [9.17, 15) is 4.79 Å². The minimum absolute atomic E-state index is 0.436. The number of nitrogens with one attached hydrogen (secondary N) is 1. The minimum atomic E-state index is -0.436. The number of amides is 2. The van der Waals surface area contributed by atoms with Crippen molar-refractivity contribution in [2.45, 2.75) is 0 Å². The molecule has 5 nitrogen and oxygen atoms in total. The van der Waals surface area contributed by atoms with Crippen LogP contribution in [0.15, 0.2) is 0 Å². The number of urea groups is 1. The van der Waals surface area contributed by atoms with Crippen LogP contribution in [0.5, 0.6) is 0 Å². The third kappa shape index (κ3) is 4.10. The van der Waals surface area contributed by atoms with Gasteiger partial charge in [0.1, 0.15) is 0 Å². The lowest BCUT2D eigenvalue weighted by molar-refractivity contribution is 0.155. The number of nitrogens with zero attached hydrogens (tertiary/aromatic N) is 2. The molecule has 76 valence electrons. The summed E-state index contributed by atoms with van der Waals surface area (Å²) < 4.78 is 0. The third-order valence-electron chi connectivity index (χ3n) is 2.32. The summed E-state index contributed by atoms with van der Waals surface area (Å²) in [5, 5.41) is 2.59. The molecule has 0 bridgehead atoms. The van der Waals surface area contributed by atoms with Gasteiger partial charge in [0.05, 0.1) is 0 Å². The van der Waals surface area contributed by atoms with E-state index in [0.717, 1.165) is 32.7 Å². The van der Waals surface area contributed by atoms with Gasteiger partial charge in [0.2, 0.25) is 0 Å². The van der Waals surface area contributed by atoms with E-state index < -0.39 is 6.03 Å². The van der Waals surface area contributed by atoms with Crippen molar-refractivity contribution in [3.8, 4) is 0 Å². The quantitative estimate of drug-likeness (QED) is 0.588. The summed E-state index contributed by atoms with van der Waals surface area (Å²) >= 11 is 0. The maximum Gasteiger partial charge on any atom is 0.312 e. The van der Waals surface area contributed by atoms with E-state index in [4.69, 9.17) is 5.73 Å². The Balaban J connectivity index is 2.05. The summed E-state index contributed by atoms with van der Waals surface area (Å²) in [6.45, 7) is 5.93. The number of nitrogens with two attached hydrogens (primary N) is 1. The number of piperazine rings is 1. The highest BCUT2D eigenvalue weighted by Gasteiger charge is 2.12. The maximum atomic E-state index is 10.4. The fourth-order valence-corrected chi connectivity index (χ4v) is 1.41. The van der Waals surface area contributed by atoms with Gasteiger partial charge in [-0.1, -0.05) is 0 Å². The fraction of sp³-hybridized carbons (Fsp3) is 0.875. The molecule has 0 aliphatic carbocycles. The van der Waals surface area contributed by atoms with Crippen molar-refractivity contribution in [3.05, 3.63) is 0 Å². The molecule has 0 aromatic heterocycles. The molecule has 1 rings (SSSR count). The Labute approximate surface area is 78.9 Å². The van der Waals surface area contributed by atoms with E-state index in [1.165, 1.54) is 0 Å². The van der Waals surface area contributed by atoms with Crippen molar-refractivity contribution in [2.24, 2.45) is 5.73 Å². The first-order chi connectivity index (χ1) is 6.18. The van der Waals surface area contributed by atoms with Crippen molar-refractivity contribution in [1.29, 1.82) is 0 Å². The minimum Gasteiger partial charge on any atom is -0.352 e. The molecule has 1 saturated heterocycles. The van der Waals surface area contributed by atoms with Crippen LogP contribution in [0.25, 0.3) is 0 Å². The molecule has 0 atom stereocenters. The molecule has 0 aromatic carbocycles. The molecular formula is C8H18N4O. The summed E-state index contributed by atoms with van der Waals surface area (Å²) in [4.78, 5) is 15.0. The molecule has 0 saturated carbocycles. The average molecular weight is 186 g/mol. The standard InChI is InChI=1S/C8H18N4O/c1-11-4-6-12(7-5-11)3-2-10-8(9)13/h2-7H2,1H3,(H3,9,10,13). The van der Waals surface area contributed by atoms with Crippen LogP contribution in [-0.4, -0.2) is 62.1 Å². The number of hydrogen-bond acceptors (Lipinski definition) is 3. The second-order valence-corrected chi connectivity index (χ2v) is 3.44. The van der Waals surface area contributed by atoms with Crippen molar-refractivity contribution < 1.29 is 4.79 Å². The van der Waals surface area contributed by atoms with Gasteiger partial charge in [-0.3, -0.25) is 4.90 Å². The average Bonchev–Trinajstić information content (AvgIpc) is 2.08. The number of primary amides is 1. The second kappa shape index (κ2) is 5.04. The lowest BCUT2D eigenvalue weighted by Crippen LogP contribution is -2.47. The lowest BCUT2D eigenvalue weighted by Gasteiger charge is -2.32. The highest BCUT2D eigenvalue weighted by atomic mass is 16.2. The van der Waals surface area contributed by atoms with Gasteiger partial charge in [-0.05, 0) is 7.05 Å². The summed E-state index contributed by atoms with van der Waals surface area (Å²) in [7, 11) is 2.12. The highest BCUT2D eigenvalue weighted by molar-refractivity contribution is 5.71. The van der Waals surface area contributed by atoms with E-state index in [1.807, 2.05) is 0 Å². The maximum absolute atomic E-state index is 10.4. The Morgan fingerprint density at radius 1 is 1.38 bits per heavy atom. The van der Waals surface area contributed by atoms with Crippen LogP contribution < -0.4 is 11.1 Å². The van der Waals surface area contributed by atoms with Crippen molar-refractivity contribution in [2.75, 3.05) is 46.3 Å². The third-order valence-corrected chi connectivity index (χ3v) is 2.32. The number of carbonyl (C=O) groups excluding carboxylic acids is 1. The summed E-state index contributed by atoms with van der Waals surface area (Å²) in [6, 6.07) is -0.436. The smallest absolute Gasteiger partial charge is 0.312 e. The summed E-state index contributed by atoms with van der Waals surface area (Å²) in [6.07, 6.45) is 0. The number of carbonyl (C=O) groups is 1. The molecule has 13 heavy (non-hydrogen) atoms. The predicted molar refractivity (Wildman–Crippen MR) is 51.5 cm³/mol. The van der Waals surface area contributed by atoms with Crippen LogP contribution in [-0.2, 0) is 0 Å². The normalized spacial score (nSPS) is 20.1. The summed E-state index contributed by atoms with van der Waals surface area (Å²) in [5.41, 5.74) is 4.95. The van der Waals surface area contributed by atoms with Crippen molar-refractivity contribution >= 4 is 6.03 Å². The number of rotatable bonds is 3. The van der Waals surface area contributed by atoms with Crippen LogP contribution in [0, 0.1) is 0 Å². The summed E-state index contributed by atoms with van der Waals surface area (Å²) in [5.74, 6) is 0. The van der Waals surface area contributed by atoms with Gasteiger partial charge in [-0.25, -0.2) is 4.79 Å². The zero-order valence-corrected chi connectivity index (χ0v) is 8.12. The molecule has 0 unspecified atom stereocenters. The predicted octanol–water partition coefficient (Wildman–Crippen LogP) is -1.10. The van der Waals surface area contributed by atoms with Gasteiger partial charge in [-0.2, -0.15) is 0 Å². The Bertz CT molecular complexity index is 166. The molecule has 3 N–H and O–H groups in total. The molecule has 1 aliphatic heterocycles. The molecule has 5 heteroatoms. The van der Waals surface area contributed by atoms with Gasteiger partial charge < -0.3 is 16.0 Å². The molecule has 1 fully saturated rings. The Kier molecular flexibility index (Phi) is 3.98. The Morgan fingerprint density at radius 3 is 2.54 bits per heavy atom. The number of hydrogen-bond donors (Lipinski definition) is 2. The zero-order valence-electron chi connectivity index (χ0n) is 8.12. The van der Waals surface area contributed by atoms with E-state index in [-0.39, 0.29) is 0 Å². The fourth-order valence-electron chi connectivity index (χ4n) is 1.41. The van der Waals surface area contributed by atoms with Crippen LogP contribution in [0.2, 0.25) is 0 Å². The van der Waals surface area contributed by atoms with E-state index in [0.29, 0.717) is 6.54 Å². The van der Waals surface area contributed by atoms with Crippen LogP contribution >= 0.6 is 0 Å². The van der Waals surface area contributed by atoms with E-state index in [2.05, 4.69) is 22.2 Å². The lowest BCUT2D eigenvalue weighted by atomic mass is 10.3. The topological polar surface area (TPSA) is 61.6 Å². The Hall–Kier alpha value is -0.810. The molecule has 1 aliphatic rings. The van der Waals surface area contributed by atoms with Crippen LogP contribution in [0.1, 0.15) is 0 Å². The monoisotopic (exact) mass is 186 g/mol. The highest BCUT2D eigenvalue weighted by Crippen LogP contribution is 1.97. The largest absolute Gasteiger partial charge is 0.352 e. The van der Waals surface area contributed by atoms with Crippen LogP contribution in [0.3, 0.4) is 0 Å². The molecule has 0 radical (unpaired) electrons. The van der Waals surface area contributed by atoms with E-state index in [1.54, 1.807) is 0 Å². The van der Waals surface area contributed by atoms with Gasteiger partial charge in [0, 0.05) is 39.3 Å². The zero-order chi connectivity index (χ0) is 9.68. The van der Waals surface area contributed by atoms with Crippen molar-refractivity contribution in [3.63, 3.8) is 0 Å². The molecule has 1 heterocycles.